The molecule has 2 aliphatic heterocycles. The van der Waals surface area contributed by atoms with Crippen molar-refractivity contribution in [1.82, 2.24) is 0 Å². The van der Waals surface area contributed by atoms with Gasteiger partial charge in [0.05, 0.1) is 38.2 Å². The van der Waals surface area contributed by atoms with Crippen LogP contribution in [0.2, 0.25) is 0 Å². The van der Waals surface area contributed by atoms with E-state index in [1.807, 2.05) is 6.07 Å². The molecular weight excluding hydrogens is 396 g/mol. The molecule has 0 N–H and O–H groups in total. The Kier molecular flexibility index (Phi) is 5.63. The molecule has 3 aliphatic rings. The first-order chi connectivity index (χ1) is 15.5. The number of hydrogen-bond acceptors (Lipinski definition) is 3. The maximum Gasteiger partial charge on any atom is 0.231 e. The van der Waals surface area contributed by atoms with E-state index in [1.165, 1.54) is 37.1 Å². The highest BCUT2D eigenvalue weighted by molar-refractivity contribution is 5.44. The number of likely N-dealkylation sites (N-methyl/N-ethyl adjacent to an activating group) is 1. The Labute approximate surface area is 192 Å². The Hall–Kier alpha value is -2.51. The van der Waals surface area contributed by atoms with Crippen LogP contribution in [0.15, 0.2) is 48.5 Å². The Bertz CT molecular complexity index is 984. The molecular formula is C28H35N2O2+. The number of likely N-dealkylation sites (tertiary alicyclic amines) is 1. The monoisotopic (exact) mass is 431 g/mol. The SMILES string of the molecule is CCC(C#N)(CC1C2CCC1C[N+](C)(CCc1ccc3c(c1)OCO3)C2)c1ccccc1. The van der Waals surface area contributed by atoms with Crippen molar-refractivity contribution in [2.45, 2.75) is 44.4 Å². The van der Waals surface area contributed by atoms with Gasteiger partial charge in [0.2, 0.25) is 6.79 Å². The molecule has 0 spiro atoms. The number of piperidine rings is 1. The van der Waals surface area contributed by atoms with Gasteiger partial charge in [0.25, 0.3) is 0 Å². The van der Waals surface area contributed by atoms with Gasteiger partial charge >= 0.3 is 0 Å². The van der Waals surface area contributed by atoms with Crippen LogP contribution < -0.4 is 9.47 Å². The molecule has 2 heterocycles. The van der Waals surface area contributed by atoms with E-state index in [4.69, 9.17) is 9.47 Å². The first-order valence-electron chi connectivity index (χ1n) is 12.2. The zero-order valence-corrected chi connectivity index (χ0v) is 19.4. The minimum atomic E-state index is -0.347. The van der Waals surface area contributed by atoms with Crippen molar-refractivity contribution >= 4 is 0 Å². The first-order valence-corrected chi connectivity index (χ1v) is 12.2. The summed E-state index contributed by atoms with van der Waals surface area (Å²) >= 11 is 0. The number of fused-ring (bicyclic) bond motifs is 3. The third-order valence-electron chi connectivity index (χ3n) is 8.58. The van der Waals surface area contributed by atoms with E-state index in [0.29, 0.717) is 12.7 Å². The Morgan fingerprint density at radius 1 is 1.03 bits per heavy atom. The average molecular weight is 432 g/mol. The predicted octanol–water partition coefficient (Wildman–Crippen LogP) is 5.32. The molecule has 2 bridgehead atoms. The van der Waals surface area contributed by atoms with Gasteiger partial charge in [-0.25, -0.2) is 0 Å². The number of quaternary nitrogens is 1. The number of benzene rings is 2. The summed E-state index contributed by atoms with van der Waals surface area (Å²) in [4.78, 5) is 0. The molecule has 168 valence electrons. The lowest BCUT2D eigenvalue weighted by molar-refractivity contribution is -0.920. The second kappa shape index (κ2) is 8.45. The van der Waals surface area contributed by atoms with E-state index >= 15 is 0 Å². The zero-order valence-electron chi connectivity index (χ0n) is 19.4. The van der Waals surface area contributed by atoms with Crippen LogP contribution in [0.5, 0.6) is 11.5 Å². The third-order valence-corrected chi connectivity index (χ3v) is 8.58. The van der Waals surface area contributed by atoms with Crippen molar-refractivity contribution in [3.05, 3.63) is 59.7 Å². The van der Waals surface area contributed by atoms with E-state index in [0.717, 1.165) is 53.6 Å². The molecule has 1 saturated carbocycles. The van der Waals surface area contributed by atoms with Gasteiger partial charge in [-0.3, -0.25) is 0 Å². The van der Waals surface area contributed by atoms with Crippen molar-refractivity contribution in [2.75, 3.05) is 33.5 Å². The zero-order chi connectivity index (χ0) is 22.2. The summed E-state index contributed by atoms with van der Waals surface area (Å²) in [5, 5.41) is 10.3. The molecule has 2 fully saturated rings. The van der Waals surface area contributed by atoms with Gasteiger partial charge in [-0.05, 0) is 54.9 Å². The number of ether oxygens (including phenoxy) is 2. The largest absolute Gasteiger partial charge is 0.454 e. The van der Waals surface area contributed by atoms with Gasteiger partial charge in [0.1, 0.15) is 0 Å². The van der Waals surface area contributed by atoms with Crippen LogP contribution in [0.4, 0.5) is 0 Å². The van der Waals surface area contributed by atoms with Crippen LogP contribution in [0.25, 0.3) is 0 Å². The van der Waals surface area contributed by atoms with Crippen LogP contribution in [0, 0.1) is 29.1 Å². The van der Waals surface area contributed by atoms with Crippen LogP contribution >= 0.6 is 0 Å². The molecule has 4 nitrogen and oxygen atoms in total. The lowest BCUT2D eigenvalue weighted by Gasteiger charge is -2.46. The smallest absolute Gasteiger partial charge is 0.231 e. The van der Waals surface area contributed by atoms with Crippen molar-refractivity contribution < 1.29 is 14.0 Å². The second-order valence-corrected chi connectivity index (χ2v) is 10.5. The summed E-state index contributed by atoms with van der Waals surface area (Å²) < 4.78 is 12.2. The summed E-state index contributed by atoms with van der Waals surface area (Å²) in [6.07, 6.45) is 5.62. The minimum absolute atomic E-state index is 0.336. The van der Waals surface area contributed by atoms with E-state index < -0.39 is 0 Å². The molecule has 1 saturated heterocycles. The maximum absolute atomic E-state index is 10.3. The first kappa shape index (κ1) is 21.3. The lowest BCUT2D eigenvalue weighted by atomic mass is 9.68. The summed E-state index contributed by atoms with van der Waals surface area (Å²) in [6.45, 7) is 6.17. The molecule has 4 heteroatoms. The highest BCUT2D eigenvalue weighted by atomic mass is 16.7. The lowest BCUT2D eigenvalue weighted by Crippen LogP contribution is -2.56. The third kappa shape index (κ3) is 3.88. The number of nitrogens with zero attached hydrogens (tertiary/aromatic N) is 2. The molecule has 32 heavy (non-hydrogen) atoms. The van der Waals surface area contributed by atoms with Crippen molar-refractivity contribution in [1.29, 1.82) is 5.26 Å². The fraction of sp³-hybridized carbons (Fsp3) is 0.536. The van der Waals surface area contributed by atoms with E-state index in [9.17, 15) is 5.26 Å². The summed E-state index contributed by atoms with van der Waals surface area (Å²) in [7, 11) is 2.45. The molecule has 3 unspecified atom stereocenters. The highest BCUT2D eigenvalue weighted by Crippen LogP contribution is 2.50. The van der Waals surface area contributed by atoms with Gasteiger partial charge < -0.3 is 14.0 Å². The summed E-state index contributed by atoms with van der Waals surface area (Å²) in [5.41, 5.74) is 2.19. The van der Waals surface area contributed by atoms with Crippen LogP contribution in [0.1, 0.15) is 43.7 Å². The maximum atomic E-state index is 10.3. The fourth-order valence-corrected chi connectivity index (χ4v) is 6.73. The van der Waals surface area contributed by atoms with Gasteiger partial charge in [-0.1, -0.05) is 43.3 Å². The van der Waals surface area contributed by atoms with Crippen molar-refractivity contribution in [2.24, 2.45) is 17.8 Å². The average Bonchev–Trinajstić information content (AvgIpc) is 3.38. The number of nitriles is 1. The van der Waals surface area contributed by atoms with Gasteiger partial charge in [0.15, 0.2) is 11.5 Å². The predicted molar refractivity (Wildman–Crippen MR) is 125 cm³/mol. The van der Waals surface area contributed by atoms with Crippen LogP contribution in [-0.2, 0) is 11.8 Å². The number of rotatable bonds is 7. The molecule has 0 aromatic heterocycles. The topological polar surface area (TPSA) is 42.2 Å². The molecule has 0 radical (unpaired) electrons. The quantitative estimate of drug-likeness (QED) is 0.557. The molecule has 0 amide bonds. The van der Waals surface area contributed by atoms with Gasteiger partial charge in [0, 0.05) is 18.3 Å². The Morgan fingerprint density at radius 2 is 1.75 bits per heavy atom. The second-order valence-electron chi connectivity index (χ2n) is 10.5. The van der Waals surface area contributed by atoms with E-state index in [1.54, 1.807) is 0 Å². The van der Waals surface area contributed by atoms with Gasteiger partial charge in [-0.15, -0.1) is 0 Å². The van der Waals surface area contributed by atoms with Crippen LogP contribution in [-0.4, -0.2) is 38.0 Å². The van der Waals surface area contributed by atoms with Gasteiger partial charge in [-0.2, -0.15) is 5.26 Å². The molecule has 2 aromatic rings. The minimum Gasteiger partial charge on any atom is -0.454 e. The fourth-order valence-electron chi connectivity index (χ4n) is 6.73. The van der Waals surface area contributed by atoms with Crippen molar-refractivity contribution in [3.63, 3.8) is 0 Å². The molecule has 3 atom stereocenters. The summed E-state index contributed by atoms with van der Waals surface area (Å²) in [6, 6.07) is 19.7. The highest BCUT2D eigenvalue weighted by Gasteiger charge is 2.50. The van der Waals surface area contributed by atoms with E-state index in [-0.39, 0.29) is 5.41 Å². The molecule has 2 aromatic carbocycles. The van der Waals surface area contributed by atoms with Crippen LogP contribution in [0.3, 0.4) is 0 Å². The van der Waals surface area contributed by atoms with Crippen molar-refractivity contribution in [3.8, 4) is 17.6 Å². The molecule has 1 aliphatic carbocycles. The molecule has 5 rings (SSSR count). The Balaban J connectivity index is 1.27. The Morgan fingerprint density at radius 3 is 2.44 bits per heavy atom. The standard InChI is InChI=1S/C28H35N2O2/c1-3-28(19-29,24-7-5-4-6-8-24)16-25-22-10-11-23(25)18-30(2,17-22)14-13-21-9-12-26-27(15-21)32-20-31-26/h4-9,12,15,22-23,25H,3,10-11,13-14,16-18,20H2,1-2H3/q+1. The summed E-state index contributed by atoms with van der Waals surface area (Å²) in [5.74, 6) is 3.89. The van der Waals surface area contributed by atoms with E-state index in [2.05, 4.69) is 62.5 Å². The normalized spacial score (nSPS) is 30.0. The number of hydrogen-bond donors (Lipinski definition) is 0.